The van der Waals surface area contributed by atoms with E-state index in [4.69, 9.17) is 0 Å². The van der Waals surface area contributed by atoms with Crippen molar-refractivity contribution in [2.24, 2.45) is 5.92 Å². The van der Waals surface area contributed by atoms with E-state index in [9.17, 15) is 0 Å². The largest absolute Gasteiger partial charge is 0.370 e. The maximum Gasteiger partial charge on any atom is 0.137 e. The first-order chi connectivity index (χ1) is 9.54. The van der Waals surface area contributed by atoms with Crippen LogP contribution >= 0.6 is 0 Å². The molecule has 0 amide bonds. The van der Waals surface area contributed by atoms with Crippen molar-refractivity contribution >= 4 is 11.6 Å². The predicted molar refractivity (Wildman–Crippen MR) is 84.4 cm³/mol. The van der Waals surface area contributed by atoms with Gasteiger partial charge in [-0.2, -0.15) is 0 Å². The molecule has 0 aromatic carbocycles. The van der Waals surface area contributed by atoms with Crippen LogP contribution in [0.1, 0.15) is 25.8 Å². The van der Waals surface area contributed by atoms with Crippen molar-refractivity contribution in [1.29, 1.82) is 0 Å². The van der Waals surface area contributed by atoms with Gasteiger partial charge >= 0.3 is 0 Å². The van der Waals surface area contributed by atoms with Crippen LogP contribution in [-0.4, -0.2) is 54.6 Å². The molecular weight excluding hydrogens is 250 g/mol. The number of rotatable bonds is 5. The Hall–Kier alpha value is -1.36. The second-order valence-corrected chi connectivity index (χ2v) is 6.01. The average Bonchev–Trinajstić information content (AvgIpc) is 2.79. The summed E-state index contributed by atoms with van der Waals surface area (Å²) in [4.78, 5) is 13.6. The zero-order valence-electron chi connectivity index (χ0n) is 13.3. The summed E-state index contributed by atoms with van der Waals surface area (Å²) >= 11 is 0. The highest BCUT2D eigenvalue weighted by molar-refractivity contribution is 5.58. The number of aromatic nitrogens is 2. The quantitative estimate of drug-likeness (QED) is 0.892. The molecular formula is C15H27N5. The lowest BCUT2D eigenvalue weighted by Crippen LogP contribution is -2.34. The molecule has 1 N–H and O–H groups in total. The van der Waals surface area contributed by atoms with Gasteiger partial charge in [-0.15, -0.1) is 0 Å². The zero-order chi connectivity index (χ0) is 14.7. The number of hydrogen-bond acceptors (Lipinski definition) is 5. The van der Waals surface area contributed by atoms with Crippen LogP contribution in [0.3, 0.4) is 0 Å². The fraction of sp³-hybridized carbons (Fsp3) is 0.733. The Morgan fingerprint density at radius 1 is 1.35 bits per heavy atom. The molecule has 20 heavy (non-hydrogen) atoms. The third-order valence-electron chi connectivity index (χ3n) is 4.14. The van der Waals surface area contributed by atoms with Gasteiger partial charge in [0, 0.05) is 31.2 Å². The lowest BCUT2D eigenvalue weighted by Gasteiger charge is -2.23. The van der Waals surface area contributed by atoms with E-state index in [0.717, 1.165) is 43.3 Å². The SMILES string of the molecule is CCCNc1ncnc(N2CC(C)C(N(C)C)C2)c1C. The maximum atomic E-state index is 4.51. The van der Waals surface area contributed by atoms with Gasteiger partial charge in [-0.25, -0.2) is 9.97 Å². The van der Waals surface area contributed by atoms with Crippen molar-refractivity contribution in [1.82, 2.24) is 14.9 Å². The normalized spacial score (nSPS) is 22.6. The van der Waals surface area contributed by atoms with Crippen molar-refractivity contribution in [3.05, 3.63) is 11.9 Å². The highest BCUT2D eigenvalue weighted by atomic mass is 15.3. The van der Waals surface area contributed by atoms with E-state index < -0.39 is 0 Å². The van der Waals surface area contributed by atoms with Crippen LogP contribution in [0.2, 0.25) is 0 Å². The summed E-state index contributed by atoms with van der Waals surface area (Å²) in [5, 5.41) is 3.38. The first-order valence-corrected chi connectivity index (χ1v) is 7.51. The zero-order valence-corrected chi connectivity index (χ0v) is 13.3. The topological polar surface area (TPSA) is 44.3 Å². The van der Waals surface area contributed by atoms with Gasteiger partial charge in [-0.3, -0.25) is 0 Å². The molecule has 1 fully saturated rings. The van der Waals surface area contributed by atoms with Crippen LogP contribution in [0.25, 0.3) is 0 Å². The minimum Gasteiger partial charge on any atom is -0.370 e. The van der Waals surface area contributed by atoms with E-state index in [-0.39, 0.29) is 0 Å². The summed E-state index contributed by atoms with van der Waals surface area (Å²) in [7, 11) is 4.32. The molecule has 0 bridgehead atoms. The predicted octanol–water partition coefficient (Wildman–Crippen LogP) is 1.99. The Labute approximate surface area is 122 Å². The van der Waals surface area contributed by atoms with Gasteiger partial charge in [0.1, 0.15) is 18.0 Å². The van der Waals surface area contributed by atoms with E-state index in [0.29, 0.717) is 12.0 Å². The second kappa shape index (κ2) is 6.39. The molecule has 2 atom stereocenters. The molecule has 1 aliphatic rings. The summed E-state index contributed by atoms with van der Waals surface area (Å²) in [6.45, 7) is 9.65. The molecule has 2 unspecified atom stereocenters. The molecule has 5 nitrogen and oxygen atoms in total. The minimum absolute atomic E-state index is 0.594. The van der Waals surface area contributed by atoms with E-state index >= 15 is 0 Å². The third kappa shape index (κ3) is 3.03. The third-order valence-corrected chi connectivity index (χ3v) is 4.14. The minimum atomic E-state index is 0.594. The number of nitrogens with one attached hydrogen (secondary N) is 1. The molecule has 0 saturated carbocycles. The van der Waals surface area contributed by atoms with Gasteiger partial charge in [-0.1, -0.05) is 13.8 Å². The van der Waals surface area contributed by atoms with Crippen LogP contribution in [-0.2, 0) is 0 Å². The smallest absolute Gasteiger partial charge is 0.137 e. The molecule has 1 aromatic heterocycles. The molecule has 5 heteroatoms. The molecule has 0 spiro atoms. The summed E-state index contributed by atoms with van der Waals surface area (Å²) in [5.41, 5.74) is 1.16. The first kappa shape index (κ1) is 15.0. The van der Waals surface area contributed by atoms with E-state index in [1.807, 2.05) is 0 Å². The van der Waals surface area contributed by atoms with Gasteiger partial charge in [0.05, 0.1) is 0 Å². The van der Waals surface area contributed by atoms with Crippen molar-refractivity contribution in [3.63, 3.8) is 0 Å². The van der Waals surface area contributed by atoms with Crippen LogP contribution < -0.4 is 10.2 Å². The number of hydrogen-bond donors (Lipinski definition) is 1. The first-order valence-electron chi connectivity index (χ1n) is 7.51. The van der Waals surface area contributed by atoms with Crippen molar-refractivity contribution in [2.75, 3.05) is 43.9 Å². The number of likely N-dealkylation sites (N-methyl/N-ethyl adjacent to an activating group) is 1. The van der Waals surface area contributed by atoms with Gasteiger partial charge in [0.15, 0.2) is 0 Å². The van der Waals surface area contributed by atoms with Gasteiger partial charge in [0.25, 0.3) is 0 Å². The fourth-order valence-corrected chi connectivity index (χ4v) is 2.98. The van der Waals surface area contributed by atoms with Crippen molar-refractivity contribution in [3.8, 4) is 0 Å². The Morgan fingerprint density at radius 2 is 2.10 bits per heavy atom. The average molecular weight is 277 g/mol. The van der Waals surface area contributed by atoms with E-state index in [2.05, 4.69) is 60.0 Å². The van der Waals surface area contributed by atoms with E-state index in [1.165, 1.54) is 0 Å². The van der Waals surface area contributed by atoms with Crippen LogP contribution in [0.15, 0.2) is 6.33 Å². The van der Waals surface area contributed by atoms with Crippen LogP contribution in [0, 0.1) is 12.8 Å². The molecule has 2 heterocycles. The second-order valence-electron chi connectivity index (χ2n) is 6.01. The Bertz CT molecular complexity index is 446. The molecule has 2 rings (SSSR count). The molecule has 0 radical (unpaired) electrons. The summed E-state index contributed by atoms with van der Waals surface area (Å²) < 4.78 is 0. The van der Waals surface area contributed by atoms with E-state index in [1.54, 1.807) is 6.33 Å². The Morgan fingerprint density at radius 3 is 2.70 bits per heavy atom. The van der Waals surface area contributed by atoms with Crippen molar-refractivity contribution in [2.45, 2.75) is 33.2 Å². The molecule has 0 aliphatic carbocycles. The number of nitrogens with zero attached hydrogens (tertiary/aromatic N) is 4. The maximum absolute atomic E-state index is 4.51. The van der Waals surface area contributed by atoms with Gasteiger partial charge in [0.2, 0.25) is 0 Å². The Kier molecular flexibility index (Phi) is 4.81. The fourth-order valence-electron chi connectivity index (χ4n) is 2.98. The lowest BCUT2D eigenvalue weighted by atomic mass is 10.1. The van der Waals surface area contributed by atoms with Crippen LogP contribution in [0.5, 0.6) is 0 Å². The lowest BCUT2D eigenvalue weighted by molar-refractivity contribution is 0.266. The van der Waals surface area contributed by atoms with Gasteiger partial charge in [-0.05, 0) is 33.4 Å². The van der Waals surface area contributed by atoms with Crippen LogP contribution in [0.4, 0.5) is 11.6 Å². The standard InChI is InChI=1S/C15H27N5/c1-6-7-16-14-12(3)15(18-10-17-14)20-8-11(2)13(9-20)19(4)5/h10-11,13H,6-9H2,1-5H3,(H,16,17,18). The highest BCUT2D eigenvalue weighted by Gasteiger charge is 2.32. The molecule has 1 aliphatic heterocycles. The summed E-state index contributed by atoms with van der Waals surface area (Å²) in [6, 6.07) is 0.594. The van der Waals surface area contributed by atoms with Gasteiger partial charge < -0.3 is 15.1 Å². The molecule has 1 saturated heterocycles. The summed E-state index contributed by atoms with van der Waals surface area (Å²) in [5.74, 6) is 2.71. The Balaban J connectivity index is 2.17. The monoisotopic (exact) mass is 277 g/mol. The van der Waals surface area contributed by atoms with Crippen molar-refractivity contribution < 1.29 is 0 Å². The number of anilines is 2. The molecule has 112 valence electrons. The molecule has 1 aromatic rings. The highest BCUT2D eigenvalue weighted by Crippen LogP contribution is 2.29. The summed E-state index contributed by atoms with van der Waals surface area (Å²) in [6.07, 6.45) is 2.77.